The van der Waals surface area contributed by atoms with Gasteiger partial charge in [0.2, 0.25) is 0 Å². The number of benzene rings is 1. The zero-order valence-electron chi connectivity index (χ0n) is 11.2. The highest BCUT2D eigenvalue weighted by atomic mass is 35.5. The lowest BCUT2D eigenvalue weighted by molar-refractivity contribution is 0.301. The van der Waals surface area contributed by atoms with Gasteiger partial charge in [0, 0.05) is 5.88 Å². The Morgan fingerprint density at radius 1 is 0.941 bits per heavy atom. The van der Waals surface area contributed by atoms with E-state index in [2.05, 4.69) is 32.9 Å². The molecule has 17 heavy (non-hydrogen) atoms. The molecule has 0 aliphatic carbocycles. The Balaban J connectivity index is 2.39. The molecular formula is C15H23ClO. The molecule has 0 N–H and O–H groups in total. The summed E-state index contributed by atoms with van der Waals surface area (Å²) in [6.45, 7) is 7.18. The van der Waals surface area contributed by atoms with Gasteiger partial charge >= 0.3 is 0 Å². The molecule has 96 valence electrons. The van der Waals surface area contributed by atoms with Crippen molar-refractivity contribution >= 4 is 11.6 Å². The van der Waals surface area contributed by atoms with Crippen molar-refractivity contribution in [1.29, 1.82) is 0 Å². The third-order valence-corrected chi connectivity index (χ3v) is 3.42. The highest BCUT2D eigenvalue weighted by molar-refractivity contribution is 6.17. The Morgan fingerprint density at radius 2 is 1.59 bits per heavy atom. The Bertz CT molecular complexity index is 347. The Morgan fingerprint density at radius 3 is 2.29 bits per heavy atom. The Labute approximate surface area is 110 Å². The molecule has 0 amide bonds. The maximum Gasteiger partial charge on any atom is 0.125 e. The zero-order chi connectivity index (χ0) is 12.7. The first-order valence-corrected chi connectivity index (χ1v) is 6.96. The minimum Gasteiger partial charge on any atom is -0.493 e. The molecule has 0 radical (unpaired) electrons. The Hall–Kier alpha value is -0.690. The average molecular weight is 255 g/mol. The van der Waals surface area contributed by atoms with Crippen LogP contribution in [0.4, 0.5) is 0 Å². The van der Waals surface area contributed by atoms with Crippen LogP contribution >= 0.6 is 11.6 Å². The second-order valence-corrected chi connectivity index (χ2v) is 4.98. The predicted molar refractivity (Wildman–Crippen MR) is 75.3 cm³/mol. The van der Waals surface area contributed by atoms with E-state index in [1.165, 1.54) is 29.5 Å². The molecule has 1 rings (SSSR count). The fraction of sp³-hybridized carbons (Fsp3) is 0.600. The van der Waals surface area contributed by atoms with Gasteiger partial charge in [-0.05, 0) is 50.3 Å². The van der Waals surface area contributed by atoms with Crippen LogP contribution in [0.25, 0.3) is 0 Å². The van der Waals surface area contributed by atoms with E-state index in [4.69, 9.17) is 16.3 Å². The maximum absolute atomic E-state index is 5.90. The van der Waals surface area contributed by atoms with Crippen molar-refractivity contribution in [2.75, 3.05) is 12.5 Å². The number of aryl methyl sites for hydroxylation is 2. The van der Waals surface area contributed by atoms with Gasteiger partial charge in [0.25, 0.3) is 0 Å². The second kappa shape index (κ2) is 7.60. The number of halogens is 1. The molecule has 0 atom stereocenters. The number of hydrogen-bond donors (Lipinski definition) is 0. The SMILES string of the molecule is Cc1ccc(C)c(OCCCCCCCl)c1C. The number of hydrogen-bond acceptors (Lipinski definition) is 1. The van der Waals surface area contributed by atoms with Crippen molar-refractivity contribution in [1.82, 2.24) is 0 Å². The lowest BCUT2D eigenvalue weighted by atomic mass is 10.1. The van der Waals surface area contributed by atoms with Crippen LogP contribution in [0.15, 0.2) is 12.1 Å². The number of ether oxygens (including phenoxy) is 1. The molecule has 0 saturated heterocycles. The standard InChI is InChI=1S/C15H23ClO/c1-12-8-9-13(2)15(14(12)3)17-11-7-5-4-6-10-16/h8-9H,4-7,10-11H2,1-3H3. The molecule has 0 spiro atoms. The van der Waals surface area contributed by atoms with Gasteiger partial charge in [0.15, 0.2) is 0 Å². The van der Waals surface area contributed by atoms with Crippen LogP contribution in [0.1, 0.15) is 42.4 Å². The van der Waals surface area contributed by atoms with Crippen molar-refractivity contribution in [2.24, 2.45) is 0 Å². The van der Waals surface area contributed by atoms with Gasteiger partial charge in [-0.2, -0.15) is 0 Å². The van der Waals surface area contributed by atoms with Crippen molar-refractivity contribution < 1.29 is 4.74 Å². The van der Waals surface area contributed by atoms with Crippen LogP contribution < -0.4 is 4.74 Å². The van der Waals surface area contributed by atoms with E-state index in [0.29, 0.717) is 0 Å². The van der Waals surface area contributed by atoms with Crippen LogP contribution in [0.5, 0.6) is 5.75 Å². The molecule has 0 saturated carbocycles. The summed E-state index contributed by atoms with van der Waals surface area (Å²) in [5.74, 6) is 1.85. The topological polar surface area (TPSA) is 9.23 Å². The summed E-state index contributed by atoms with van der Waals surface area (Å²) in [5, 5.41) is 0. The maximum atomic E-state index is 5.90. The fourth-order valence-corrected chi connectivity index (χ4v) is 2.06. The van der Waals surface area contributed by atoms with Gasteiger partial charge in [0.05, 0.1) is 6.61 Å². The molecule has 0 bridgehead atoms. The van der Waals surface area contributed by atoms with E-state index >= 15 is 0 Å². The molecule has 1 nitrogen and oxygen atoms in total. The molecule has 0 fully saturated rings. The van der Waals surface area contributed by atoms with Crippen LogP contribution in [0, 0.1) is 20.8 Å². The highest BCUT2D eigenvalue weighted by Gasteiger charge is 2.05. The monoisotopic (exact) mass is 254 g/mol. The van der Waals surface area contributed by atoms with E-state index in [-0.39, 0.29) is 0 Å². The molecule has 0 aromatic heterocycles. The molecular weight excluding hydrogens is 232 g/mol. The largest absolute Gasteiger partial charge is 0.493 e. The van der Waals surface area contributed by atoms with Crippen molar-refractivity contribution in [3.8, 4) is 5.75 Å². The van der Waals surface area contributed by atoms with Gasteiger partial charge in [-0.15, -0.1) is 11.6 Å². The normalized spacial score (nSPS) is 10.6. The van der Waals surface area contributed by atoms with E-state index in [9.17, 15) is 0 Å². The van der Waals surface area contributed by atoms with Gasteiger partial charge < -0.3 is 4.74 Å². The number of rotatable bonds is 7. The highest BCUT2D eigenvalue weighted by Crippen LogP contribution is 2.25. The second-order valence-electron chi connectivity index (χ2n) is 4.61. The molecule has 0 heterocycles. The summed E-state index contributed by atoms with van der Waals surface area (Å²) in [6.07, 6.45) is 4.64. The lowest BCUT2D eigenvalue weighted by Gasteiger charge is -2.13. The third kappa shape index (κ3) is 4.59. The minimum atomic E-state index is 0.775. The quantitative estimate of drug-likeness (QED) is 0.502. The first-order chi connectivity index (χ1) is 8.16. The summed E-state index contributed by atoms with van der Waals surface area (Å²) >= 11 is 5.64. The van der Waals surface area contributed by atoms with Gasteiger partial charge in [0.1, 0.15) is 5.75 Å². The smallest absolute Gasteiger partial charge is 0.125 e. The Kier molecular flexibility index (Phi) is 6.43. The van der Waals surface area contributed by atoms with Gasteiger partial charge in [-0.25, -0.2) is 0 Å². The van der Waals surface area contributed by atoms with Crippen molar-refractivity contribution in [3.63, 3.8) is 0 Å². The third-order valence-electron chi connectivity index (χ3n) is 3.15. The number of alkyl halides is 1. The van der Waals surface area contributed by atoms with Crippen LogP contribution in [0.2, 0.25) is 0 Å². The number of unbranched alkanes of at least 4 members (excludes halogenated alkanes) is 3. The van der Waals surface area contributed by atoms with E-state index in [1.54, 1.807) is 0 Å². The van der Waals surface area contributed by atoms with E-state index in [0.717, 1.165) is 31.1 Å². The lowest BCUT2D eigenvalue weighted by Crippen LogP contribution is -2.01. The molecule has 1 aromatic rings. The summed E-state index contributed by atoms with van der Waals surface area (Å²) < 4.78 is 5.90. The molecule has 0 aliphatic rings. The average Bonchev–Trinajstić information content (AvgIpc) is 2.32. The first-order valence-electron chi connectivity index (χ1n) is 6.42. The van der Waals surface area contributed by atoms with Gasteiger partial charge in [-0.1, -0.05) is 25.0 Å². The summed E-state index contributed by atoms with van der Waals surface area (Å²) in [5.41, 5.74) is 3.80. The van der Waals surface area contributed by atoms with E-state index in [1.807, 2.05) is 0 Å². The molecule has 2 heteroatoms. The summed E-state index contributed by atoms with van der Waals surface area (Å²) in [4.78, 5) is 0. The van der Waals surface area contributed by atoms with Crippen LogP contribution in [-0.4, -0.2) is 12.5 Å². The van der Waals surface area contributed by atoms with E-state index < -0.39 is 0 Å². The predicted octanol–water partition coefficient (Wildman–Crippen LogP) is 4.79. The van der Waals surface area contributed by atoms with Gasteiger partial charge in [-0.3, -0.25) is 0 Å². The molecule has 0 unspecified atom stereocenters. The fourth-order valence-electron chi connectivity index (χ4n) is 1.87. The summed E-state index contributed by atoms with van der Waals surface area (Å²) in [7, 11) is 0. The van der Waals surface area contributed by atoms with Crippen LogP contribution in [-0.2, 0) is 0 Å². The van der Waals surface area contributed by atoms with Crippen molar-refractivity contribution in [3.05, 3.63) is 28.8 Å². The minimum absolute atomic E-state index is 0.775. The summed E-state index contributed by atoms with van der Waals surface area (Å²) in [6, 6.07) is 4.28. The van der Waals surface area contributed by atoms with Crippen molar-refractivity contribution in [2.45, 2.75) is 46.5 Å². The molecule has 1 aromatic carbocycles. The first kappa shape index (κ1) is 14.4. The molecule has 0 aliphatic heterocycles. The van der Waals surface area contributed by atoms with Crippen LogP contribution in [0.3, 0.4) is 0 Å². The zero-order valence-corrected chi connectivity index (χ0v) is 11.9.